The van der Waals surface area contributed by atoms with Crippen molar-refractivity contribution < 1.29 is 14.2 Å². The molecule has 7 heteroatoms. The molecule has 0 N–H and O–H groups in total. The molecule has 0 bridgehead atoms. The first kappa shape index (κ1) is 17.1. The van der Waals surface area contributed by atoms with Crippen LogP contribution >= 0.6 is 11.9 Å². The maximum atomic E-state index is 6.36. The third-order valence-corrected chi connectivity index (χ3v) is 5.80. The van der Waals surface area contributed by atoms with Crippen LogP contribution in [0.1, 0.15) is 32.1 Å². The van der Waals surface area contributed by atoms with Crippen molar-refractivity contribution in [2.75, 3.05) is 39.5 Å². The zero-order valence-electron chi connectivity index (χ0n) is 14.5. The molecule has 1 aromatic rings. The molecule has 4 heterocycles. The maximum absolute atomic E-state index is 6.36. The van der Waals surface area contributed by atoms with Gasteiger partial charge in [-0.15, -0.1) is 0 Å². The van der Waals surface area contributed by atoms with Crippen LogP contribution in [0, 0.1) is 0 Å². The minimum absolute atomic E-state index is 0.549. The van der Waals surface area contributed by atoms with Crippen molar-refractivity contribution in [3.63, 3.8) is 0 Å². The summed E-state index contributed by atoms with van der Waals surface area (Å²) in [5.74, 6) is 1.34. The van der Waals surface area contributed by atoms with Crippen LogP contribution in [0.15, 0.2) is 27.6 Å². The first-order valence-corrected chi connectivity index (χ1v) is 9.96. The SMILES string of the molecule is c1cnc2c(c1)SN=C(OCCN1CCCCC1)C1(CCOCC1)O2. The van der Waals surface area contributed by atoms with E-state index >= 15 is 0 Å². The summed E-state index contributed by atoms with van der Waals surface area (Å²) >= 11 is 1.39. The van der Waals surface area contributed by atoms with Crippen LogP contribution in [-0.2, 0) is 9.47 Å². The normalized spacial score (nSPS) is 23.3. The second kappa shape index (κ2) is 7.93. The van der Waals surface area contributed by atoms with Crippen molar-refractivity contribution in [2.24, 2.45) is 4.40 Å². The van der Waals surface area contributed by atoms with Gasteiger partial charge < -0.3 is 14.2 Å². The summed E-state index contributed by atoms with van der Waals surface area (Å²) in [5, 5.41) is 0. The van der Waals surface area contributed by atoms with E-state index in [0.29, 0.717) is 31.6 Å². The van der Waals surface area contributed by atoms with Crippen LogP contribution < -0.4 is 4.74 Å². The second-order valence-corrected chi connectivity index (χ2v) is 7.56. The van der Waals surface area contributed by atoms with Gasteiger partial charge in [0.25, 0.3) is 0 Å². The number of aromatic nitrogens is 1. The zero-order chi connectivity index (χ0) is 17.0. The third kappa shape index (κ3) is 3.93. The molecule has 0 saturated carbocycles. The lowest BCUT2D eigenvalue weighted by atomic mass is 9.93. The summed E-state index contributed by atoms with van der Waals surface area (Å²) in [5.41, 5.74) is -0.549. The smallest absolute Gasteiger partial charge is 0.241 e. The standard InChI is InChI=1S/C18H25N3O3S/c1-2-9-21(10-3-1)11-14-23-17-18(6-12-22-13-7-18)24-16-15(25-20-17)5-4-8-19-16/h4-5,8H,1-3,6-7,9-14H2. The van der Waals surface area contributed by atoms with Gasteiger partial charge in [-0.3, -0.25) is 4.90 Å². The van der Waals surface area contributed by atoms with E-state index < -0.39 is 5.60 Å². The maximum Gasteiger partial charge on any atom is 0.241 e. The molecule has 4 rings (SSSR count). The Morgan fingerprint density at radius 3 is 2.88 bits per heavy atom. The van der Waals surface area contributed by atoms with Gasteiger partial charge in [-0.2, -0.15) is 4.40 Å². The predicted molar refractivity (Wildman–Crippen MR) is 97.2 cm³/mol. The van der Waals surface area contributed by atoms with Gasteiger partial charge in [-0.05, 0) is 38.1 Å². The van der Waals surface area contributed by atoms with E-state index in [1.54, 1.807) is 6.20 Å². The fraction of sp³-hybridized carbons (Fsp3) is 0.667. The average molecular weight is 363 g/mol. The van der Waals surface area contributed by atoms with Gasteiger partial charge in [0.1, 0.15) is 6.61 Å². The van der Waals surface area contributed by atoms with Gasteiger partial charge in [0, 0.05) is 37.5 Å². The Labute approximate surface area is 153 Å². The summed E-state index contributed by atoms with van der Waals surface area (Å²) in [6.07, 6.45) is 7.18. The number of ether oxygens (including phenoxy) is 3. The van der Waals surface area contributed by atoms with Gasteiger partial charge >= 0.3 is 0 Å². The van der Waals surface area contributed by atoms with Gasteiger partial charge in [-0.1, -0.05) is 6.42 Å². The molecule has 2 saturated heterocycles. The Kier molecular flexibility index (Phi) is 5.43. The molecule has 0 aliphatic carbocycles. The summed E-state index contributed by atoms with van der Waals surface area (Å²) in [4.78, 5) is 7.80. The molecule has 3 aliphatic rings. The lowest BCUT2D eigenvalue weighted by Crippen LogP contribution is -2.50. The van der Waals surface area contributed by atoms with Crippen molar-refractivity contribution in [1.82, 2.24) is 9.88 Å². The molecular formula is C18H25N3O3S. The largest absolute Gasteiger partial charge is 0.476 e. The molecule has 6 nitrogen and oxygen atoms in total. The Hall–Kier alpha value is -1.31. The minimum Gasteiger partial charge on any atom is -0.476 e. The molecule has 2 fully saturated rings. The number of hydrogen-bond acceptors (Lipinski definition) is 7. The van der Waals surface area contributed by atoms with Crippen molar-refractivity contribution in [3.8, 4) is 5.88 Å². The molecule has 1 aromatic heterocycles. The lowest BCUT2D eigenvalue weighted by Gasteiger charge is -2.36. The molecule has 136 valence electrons. The van der Waals surface area contributed by atoms with E-state index in [0.717, 1.165) is 24.3 Å². The van der Waals surface area contributed by atoms with E-state index in [4.69, 9.17) is 18.6 Å². The number of pyridine rings is 1. The fourth-order valence-corrected chi connectivity index (χ4v) is 4.27. The monoisotopic (exact) mass is 363 g/mol. The summed E-state index contributed by atoms with van der Waals surface area (Å²) in [6.45, 7) is 5.25. The average Bonchev–Trinajstić information content (AvgIpc) is 2.81. The second-order valence-electron chi connectivity index (χ2n) is 6.75. The van der Waals surface area contributed by atoms with Crippen LogP contribution in [0.4, 0.5) is 0 Å². The summed E-state index contributed by atoms with van der Waals surface area (Å²) < 4.78 is 22.8. The predicted octanol–water partition coefficient (Wildman–Crippen LogP) is 2.93. The Bertz CT molecular complexity index is 613. The third-order valence-electron chi connectivity index (χ3n) is 5.04. The Morgan fingerprint density at radius 1 is 1.20 bits per heavy atom. The minimum atomic E-state index is -0.549. The number of rotatable bonds is 3. The molecule has 0 radical (unpaired) electrons. The number of piperidine rings is 1. The molecule has 0 amide bonds. The van der Waals surface area contributed by atoms with Crippen LogP contribution in [0.2, 0.25) is 0 Å². The topological polar surface area (TPSA) is 56.2 Å². The highest BCUT2D eigenvalue weighted by Crippen LogP contribution is 2.39. The number of hydrogen-bond donors (Lipinski definition) is 0. The number of nitrogens with zero attached hydrogens (tertiary/aromatic N) is 3. The zero-order valence-corrected chi connectivity index (χ0v) is 15.3. The Morgan fingerprint density at radius 2 is 2.04 bits per heavy atom. The van der Waals surface area contributed by atoms with Crippen molar-refractivity contribution in [3.05, 3.63) is 18.3 Å². The van der Waals surface area contributed by atoms with E-state index in [-0.39, 0.29) is 0 Å². The first-order chi connectivity index (χ1) is 12.4. The molecule has 1 spiro atoms. The fourth-order valence-electron chi connectivity index (χ4n) is 3.55. The van der Waals surface area contributed by atoms with E-state index in [9.17, 15) is 0 Å². The molecule has 3 aliphatic heterocycles. The summed E-state index contributed by atoms with van der Waals surface area (Å²) in [7, 11) is 0. The highest BCUT2D eigenvalue weighted by molar-refractivity contribution is 7.98. The molecular weight excluding hydrogens is 338 g/mol. The van der Waals surface area contributed by atoms with E-state index in [2.05, 4.69) is 9.88 Å². The van der Waals surface area contributed by atoms with Gasteiger partial charge in [-0.25, -0.2) is 4.98 Å². The molecule has 0 atom stereocenters. The number of fused-ring (bicyclic) bond motifs is 1. The number of likely N-dealkylation sites (tertiary alicyclic amines) is 1. The van der Waals surface area contributed by atoms with Gasteiger partial charge in [0.15, 0.2) is 5.60 Å². The lowest BCUT2D eigenvalue weighted by molar-refractivity contribution is -0.0215. The van der Waals surface area contributed by atoms with Crippen molar-refractivity contribution >= 4 is 17.8 Å². The molecule has 25 heavy (non-hydrogen) atoms. The van der Waals surface area contributed by atoms with Crippen LogP contribution in [0.3, 0.4) is 0 Å². The van der Waals surface area contributed by atoms with Crippen LogP contribution in [-0.4, -0.2) is 60.8 Å². The van der Waals surface area contributed by atoms with Crippen molar-refractivity contribution in [2.45, 2.75) is 42.6 Å². The van der Waals surface area contributed by atoms with E-state index in [1.807, 2.05) is 12.1 Å². The van der Waals surface area contributed by atoms with E-state index in [1.165, 1.54) is 44.3 Å². The van der Waals surface area contributed by atoms with Crippen LogP contribution in [0.5, 0.6) is 5.88 Å². The quantitative estimate of drug-likeness (QED) is 0.770. The van der Waals surface area contributed by atoms with Crippen LogP contribution in [0.25, 0.3) is 0 Å². The summed E-state index contributed by atoms with van der Waals surface area (Å²) in [6, 6.07) is 3.89. The van der Waals surface area contributed by atoms with Gasteiger partial charge in [0.05, 0.1) is 18.1 Å². The first-order valence-electron chi connectivity index (χ1n) is 9.18. The van der Waals surface area contributed by atoms with Gasteiger partial charge in [0.2, 0.25) is 11.8 Å². The highest BCUT2D eigenvalue weighted by atomic mass is 32.2. The molecule has 0 unspecified atom stereocenters. The Balaban J connectivity index is 1.47. The highest BCUT2D eigenvalue weighted by Gasteiger charge is 2.44. The molecule has 0 aromatic carbocycles. The van der Waals surface area contributed by atoms with Crippen molar-refractivity contribution in [1.29, 1.82) is 0 Å².